The first-order valence-corrected chi connectivity index (χ1v) is 5.31. The van der Waals surface area contributed by atoms with Crippen molar-refractivity contribution in [1.82, 2.24) is 4.98 Å². The molecule has 1 unspecified atom stereocenters. The van der Waals surface area contributed by atoms with Crippen molar-refractivity contribution in [3.8, 4) is 6.07 Å². The monoisotopic (exact) mass is 217 g/mol. The number of hydrogen-bond acceptors (Lipinski definition) is 3. The molecule has 84 valence electrons. The van der Waals surface area contributed by atoms with Crippen LogP contribution in [0, 0.1) is 24.2 Å². The predicted octanol–water partition coefficient (Wildman–Crippen LogP) is 2.27. The van der Waals surface area contributed by atoms with E-state index >= 15 is 0 Å². The Morgan fingerprint density at radius 3 is 3.00 bits per heavy atom. The molecule has 0 fully saturated rings. The highest BCUT2D eigenvalue weighted by Gasteiger charge is 2.17. The summed E-state index contributed by atoms with van der Waals surface area (Å²) in [4.78, 5) is 15.8. The fourth-order valence-corrected chi connectivity index (χ4v) is 1.36. The number of hydrogen-bond donors (Lipinski definition) is 1. The molecule has 0 spiro atoms. The minimum Gasteiger partial charge on any atom is -0.309 e. The zero-order valence-corrected chi connectivity index (χ0v) is 9.53. The van der Waals surface area contributed by atoms with Crippen molar-refractivity contribution in [3.63, 3.8) is 0 Å². The summed E-state index contributed by atoms with van der Waals surface area (Å²) in [7, 11) is 0. The first-order valence-electron chi connectivity index (χ1n) is 5.31. The minimum absolute atomic E-state index is 0.272. The van der Waals surface area contributed by atoms with Crippen LogP contribution >= 0.6 is 0 Å². The first kappa shape index (κ1) is 12.2. The lowest BCUT2D eigenvalue weighted by atomic mass is 10.0. The normalized spacial score (nSPS) is 11.6. The Bertz CT molecular complexity index is 409. The summed E-state index contributed by atoms with van der Waals surface area (Å²) in [5, 5.41) is 11.5. The van der Waals surface area contributed by atoms with Gasteiger partial charge in [-0.25, -0.2) is 4.98 Å². The van der Waals surface area contributed by atoms with Crippen molar-refractivity contribution < 1.29 is 4.79 Å². The average molecular weight is 217 g/mol. The van der Waals surface area contributed by atoms with Gasteiger partial charge in [0.2, 0.25) is 5.91 Å². The van der Waals surface area contributed by atoms with Crippen LogP contribution in [0.1, 0.15) is 25.3 Å². The van der Waals surface area contributed by atoms with Gasteiger partial charge < -0.3 is 5.32 Å². The third kappa shape index (κ3) is 3.06. The Kier molecular flexibility index (Phi) is 4.46. The van der Waals surface area contributed by atoms with Gasteiger partial charge in [0, 0.05) is 6.20 Å². The fourth-order valence-electron chi connectivity index (χ4n) is 1.36. The lowest BCUT2D eigenvalue weighted by molar-refractivity contribution is -0.118. The summed E-state index contributed by atoms with van der Waals surface area (Å²) < 4.78 is 0. The SMILES string of the molecule is CCCC(C#N)C(=O)Nc1ncccc1C. The highest BCUT2D eigenvalue weighted by Crippen LogP contribution is 2.12. The van der Waals surface area contributed by atoms with Crippen LogP contribution in [-0.4, -0.2) is 10.9 Å². The number of aromatic nitrogens is 1. The largest absolute Gasteiger partial charge is 0.309 e. The molecular formula is C12H15N3O. The van der Waals surface area contributed by atoms with Crippen molar-refractivity contribution in [2.75, 3.05) is 5.32 Å². The van der Waals surface area contributed by atoms with Crippen LogP contribution in [0.3, 0.4) is 0 Å². The Hall–Kier alpha value is -1.89. The Labute approximate surface area is 95.3 Å². The van der Waals surface area contributed by atoms with E-state index in [1.165, 1.54) is 0 Å². The molecule has 1 heterocycles. The first-order chi connectivity index (χ1) is 7.69. The second-order valence-corrected chi connectivity index (χ2v) is 3.63. The smallest absolute Gasteiger partial charge is 0.242 e. The lowest BCUT2D eigenvalue weighted by Crippen LogP contribution is -2.22. The van der Waals surface area contributed by atoms with Gasteiger partial charge in [0.25, 0.3) is 0 Å². The summed E-state index contributed by atoms with van der Waals surface area (Å²) in [6, 6.07) is 5.67. The van der Waals surface area contributed by atoms with E-state index in [9.17, 15) is 4.79 Å². The number of pyridine rings is 1. The minimum atomic E-state index is -0.591. The number of nitriles is 1. The molecule has 16 heavy (non-hydrogen) atoms. The fraction of sp³-hybridized carbons (Fsp3) is 0.417. The van der Waals surface area contributed by atoms with Crippen molar-refractivity contribution in [2.24, 2.45) is 5.92 Å². The quantitative estimate of drug-likeness (QED) is 0.841. The van der Waals surface area contributed by atoms with Gasteiger partial charge in [0.15, 0.2) is 0 Å². The molecule has 4 heteroatoms. The van der Waals surface area contributed by atoms with E-state index in [4.69, 9.17) is 5.26 Å². The molecule has 1 aromatic rings. The molecule has 0 aliphatic rings. The molecule has 0 aromatic carbocycles. The van der Waals surface area contributed by atoms with Crippen LogP contribution in [0.2, 0.25) is 0 Å². The molecule has 4 nitrogen and oxygen atoms in total. The number of carbonyl (C=O) groups excluding carboxylic acids is 1. The second kappa shape index (κ2) is 5.86. The van der Waals surface area contributed by atoms with Crippen LogP contribution in [-0.2, 0) is 4.79 Å². The van der Waals surface area contributed by atoms with Crippen LogP contribution in [0.15, 0.2) is 18.3 Å². The van der Waals surface area contributed by atoms with Gasteiger partial charge >= 0.3 is 0 Å². The molecule has 0 radical (unpaired) electrons. The number of rotatable bonds is 4. The number of nitrogens with one attached hydrogen (secondary N) is 1. The third-order valence-electron chi connectivity index (χ3n) is 2.30. The van der Waals surface area contributed by atoms with Crippen LogP contribution < -0.4 is 5.32 Å². The molecule has 1 rings (SSSR count). The Balaban J connectivity index is 2.71. The second-order valence-electron chi connectivity index (χ2n) is 3.63. The van der Waals surface area contributed by atoms with E-state index in [-0.39, 0.29) is 5.91 Å². The van der Waals surface area contributed by atoms with Crippen LogP contribution in [0.25, 0.3) is 0 Å². The maximum absolute atomic E-state index is 11.7. The van der Waals surface area contributed by atoms with Gasteiger partial charge in [0.05, 0.1) is 6.07 Å². The van der Waals surface area contributed by atoms with E-state index in [2.05, 4.69) is 10.3 Å². The summed E-state index contributed by atoms with van der Waals surface area (Å²) in [6.45, 7) is 3.81. The highest BCUT2D eigenvalue weighted by atomic mass is 16.1. The third-order valence-corrected chi connectivity index (χ3v) is 2.30. The highest BCUT2D eigenvalue weighted by molar-refractivity contribution is 5.93. The number of aryl methyl sites for hydroxylation is 1. The molecule has 1 amide bonds. The van der Waals surface area contributed by atoms with E-state index in [1.54, 1.807) is 12.3 Å². The van der Waals surface area contributed by atoms with Crippen molar-refractivity contribution >= 4 is 11.7 Å². The molecule has 1 atom stereocenters. The summed E-state index contributed by atoms with van der Waals surface area (Å²) >= 11 is 0. The number of anilines is 1. The van der Waals surface area contributed by atoms with Crippen molar-refractivity contribution in [3.05, 3.63) is 23.9 Å². The molecule has 1 N–H and O–H groups in total. The zero-order valence-electron chi connectivity index (χ0n) is 9.53. The van der Waals surface area contributed by atoms with Gasteiger partial charge in [0.1, 0.15) is 11.7 Å². The van der Waals surface area contributed by atoms with Crippen LogP contribution in [0.4, 0.5) is 5.82 Å². The number of carbonyl (C=O) groups is 1. The predicted molar refractivity (Wildman–Crippen MR) is 61.6 cm³/mol. The van der Waals surface area contributed by atoms with Crippen molar-refractivity contribution in [1.29, 1.82) is 5.26 Å². The molecule has 0 saturated carbocycles. The zero-order chi connectivity index (χ0) is 12.0. The number of amides is 1. The van der Waals surface area contributed by atoms with Crippen LogP contribution in [0.5, 0.6) is 0 Å². The van der Waals surface area contributed by atoms with E-state index in [1.807, 2.05) is 26.0 Å². The van der Waals surface area contributed by atoms with Crippen molar-refractivity contribution in [2.45, 2.75) is 26.7 Å². The molecular weight excluding hydrogens is 202 g/mol. The van der Waals surface area contributed by atoms with Gasteiger partial charge in [-0.1, -0.05) is 19.4 Å². The van der Waals surface area contributed by atoms with E-state index in [0.29, 0.717) is 12.2 Å². The molecule has 0 aliphatic carbocycles. The van der Waals surface area contributed by atoms with Gasteiger partial charge in [-0.15, -0.1) is 0 Å². The summed E-state index contributed by atoms with van der Waals surface area (Å²) in [6.07, 6.45) is 3.00. The Morgan fingerprint density at radius 1 is 1.69 bits per heavy atom. The van der Waals surface area contributed by atoms with Gasteiger partial charge in [-0.05, 0) is 25.0 Å². The molecule has 1 aromatic heterocycles. The molecule has 0 aliphatic heterocycles. The van der Waals surface area contributed by atoms with Gasteiger partial charge in [-0.2, -0.15) is 5.26 Å². The van der Waals surface area contributed by atoms with Gasteiger partial charge in [-0.3, -0.25) is 4.79 Å². The maximum Gasteiger partial charge on any atom is 0.242 e. The lowest BCUT2D eigenvalue weighted by Gasteiger charge is -2.09. The van der Waals surface area contributed by atoms with E-state index < -0.39 is 5.92 Å². The summed E-state index contributed by atoms with van der Waals surface area (Å²) in [5.74, 6) is -0.332. The number of nitrogens with zero attached hydrogens (tertiary/aromatic N) is 2. The Morgan fingerprint density at radius 2 is 2.44 bits per heavy atom. The standard InChI is InChI=1S/C12H15N3O/c1-3-5-10(8-13)12(16)15-11-9(2)6-4-7-14-11/h4,6-7,10H,3,5H2,1-2H3,(H,14,15,16). The maximum atomic E-state index is 11.7. The average Bonchev–Trinajstić information content (AvgIpc) is 2.29. The topological polar surface area (TPSA) is 65.8 Å². The molecule has 0 saturated heterocycles. The summed E-state index contributed by atoms with van der Waals surface area (Å²) in [5.41, 5.74) is 0.893. The van der Waals surface area contributed by atoms with E-state index in [0.717, 1.165) is 12.0 Å². The molecule has 0 bridgehead atoms.